The lowest BCUT2D eigenvalue weighted by Gasteiger charge is -2.06. The Morgan fingerprint density at radius 2 is 2.00 bits per heavy atom. The first kappa shape index (κ1) is 11.3. The lowest BCUT2D eigenvalue weighted by Crippen LogP contribution is -2.01. The van der Waals surface area contributed by atoms with Gasteiger partial charge in [-0.2, -0.15) is 5.26 Å². The number of pyridine rings is 1. The van der Waals surface area contributed by atoms with E-state index in [0.717, 1.165) is 22.3 Å². The summed E-state index contributed by atoms with van der Waals surface area (Å²) in [4.78, 5) is 7.50. The SMILES string of the molecule is N#Cc1ccc(CNc2nccc3[nH]ccc23)cc1. The third-order valence-electron chi connectivity index (χ3n) is 3.02. The van der Waals surface area contributed by atoms with Crippen molar-refractivity contribution in [3.8, 4) is 6.07 Å². The van der Waals surface area contributed by atoms with E-state index in [-0.39, 0.29) is 0 Å². The van der Waals surface area contributed by atoms with Crippen molar-refractivity contribution in [2.75, 3.05) is 5.32 Å². The third-order valence-corrected chi connectivity index (χ3v) is 3.02. The van der Waals surface area contributed by atoms with Crippen molar-refractivity contribution < 1.29 is 0 Å². The van der Waals surface area contributed by atoms with Crippen molar-refractivity contribution in [2.24, 2.45) is 0 Å². The van der Waals surface area contributed by atoms with Crippen LogP contribution in [-0.4, -0.2) is 9.97 Å². The van der Waals surface area contributed by atoms with E-state index in [1.807, 2.05) is 42.6 Å². The lowest BCUT2D eigenvalue weighted by atomic mass is 10.1. The van der Waals surface area contributed by atoms with Crippen LogP contribution in [0.15, 0.2) is 48.8 Å². The highest BCUT2D eigenvalue weighted by atomic mass is 15.0. The second-order valence-corrected chi connectivity index (χ2v) is 4.26. The number of anilines is 1. The molecule has 0 saturated carbocycles. The van der Waals surface area contributed by atoms with E-state index in [1.54, 1.807) is 6.20 Å². The monoisotopic (exact) mass is 248 g/mol. The minimum atomic E-state index is 0.676. The van der Waals surface area contributed by atoms with Gasteiger partial charge in [0.1, 0.15) is 5.82 Å². The predicted octanol–water partition coefficient (Wildman–Crippen LogP) is 3.05. The highest BCUT2D eigenvalue weighted by Crippen LogP contribution is 2.20. The minimum absolute atomic E-state index is 0.676. The summed E-state index contributed by atoms with van der Waals surface area (Å²) in [6, 6.07) is 13.6. The summed E-state index contributed by atoms with van der Waals surface area (Å²) in [5, 5.41) is 13.1. The number of H-pyrrole nitrogens is 1. The van der Waals surface area contributed by atoms with E-state index in [9.17, 15) is 0 Å². The summed E-state index contributed by atoms with van der Waals surface area (Å²) in [6.45, 7) is 0.684. The fourth-order valence-corrected chi connectivity index (χ4v) is 2.01. The predicted molar refractivity (Wildman–Crippen MR) is 74.6 cm³/mol. The fraction of sp³-hybridized carbons (Fsp3) is 0.0667. The van der Waals surface area contributed by atoms with Gasteiger partial charge in [-0.3, -0.25) is 0 Å². The normalized spacial score (nSPS) is 10.3. The zero-order valence-corrected chi connectivity index (χ0v) is 10.2. The minimum Gasteiger partial charge on any atom is -0.365 e. The number of nitriles is 1. The Morgan fingerprint density at radius 3 is 2.79 bits per heavy atom. The third kappa shape index (κ3) is 2.26. The summed E-state index contributed by atoms with van der Waals surface area (Å²) in [7, 11) is 0. The number of aromatic amines is 1. The molecule has 0 radical (unpaired) electrons. The molecule has 0 aliphatic rings. The number of rotatable bonds is 3. The highest BCUT2D eigenvalue weighted by molar-refractivity contribution is 5.89. The summed E-state index contributed by atoms with van der Waals surface area (Å²) in [5.74, 6) is 0.864. The molecule has 0 bridgehead atoms. The quantitative estimate of drug-likeness (QED) is 0.748. The number of nitrogens with zero attached hydrogens (tertiary/aromatic N) is 2. The van der Waals surface area contributed by atoms with Crippen molar-refractivity contribution in [2.45, 2.75) is 6.54 Å². The van der Waals surface area contributed by atoms with Gasteiger partial charge in [0.15, 0.2) is 0 Å². The summed E-state index contributed by atoms with van der Waals surface area (Å²) < 4.78 is 0. The maximum absolute atomic E-state index is 8.75. The van der Waals surface area contributed by atoms with E-state index < -0.39 is 0 Å². The molecule has 0 aliphatic carbocycles. The van der Waals surface area contributed by atoms with Crippen molar-refractivity contribution >= 4 is 16.7 Å². The van der Waals surface area contributed by atoms with E-state index in [1.165, 1.54) is 0 Å². The number of nitrogens with one attached hydrogen (secondary N) is 2. The number of hydrogen-bond acceptors (Lipinski definition) is 3. The first-order valence-corrected chi connectivity index (χ1v) is 6.02. The maximum atomic E-state index is 8.75. The van der Waals surface area contributed by atoms with E-state index >= 15 is 0 Å². The van der Waals surface area contributed by atoms with Crippen molar-refractivity contribution in [1.82, 2.24) is 9.97 Å². The van der Waals surface area contributed by atoms with Crippen LogP contribution < -0.4 is 5.32 Å². The van der Waals surface area contributed by atoms with Gasteiger partial charge in [0, 0.05) is 24.3 Å². The summed E-state index contributed by atoms with van der Waals surface area (Å²) in [6.07, 6.45) is 3.68. The van der Waals surface area contributed by atoms with Crippen LogP contribution in [0.3, 0.4) is 0 Å². The van der Waals surface area contributed by atoms with Crippen LogP contribution in [0.2, 0.25) is 0 Å². The van der Waals surface area contributed by atoms with E-state index in [4.69, 9.17) is 5.26 Å². The molecule has 2 aromatic heterocycles. The average Bonchev–Trinajstić information content (AvgIpc) is 2.94. The van der Waals surface area contributed by atoms with Gasteiger partial charge in [0.2, 0.25) is 0 Å². The molecule has 2 N–H and O–H groups in total. The van der Waals surface area contributed by atoms with Gasteiger partial charge in [0.05, 0.1) is 17.1 Å². The van der Waals surface area contributed by atoms with E-state index in [0.29, 0.717) is 12.1 Å². The number of benzene rings is 1. The lowest BCUT2D eigenvalue weighted by molar-refractivity contribution is 1.12. The molecule has 1 aromatic carbocycles. The second kappa shape index (κ2) is 4.83. The zero-order chi connectivity index (χ0) is 13.1. The van der Waals surface area contributed by atoms with Crippen molar-refractivity contribution in [3.63, 3.8) is 0 Å². The van der Waals surface area contributed by atoms with Crippen LogP contribution in [0.25, 0.3) is 10.9 Å². The van der Waals surface area contributed by atoms with Crippen LogP contribution in [0.5, 0.6) is 0 Å². The summed E-state index contributed by atoms with van der Waals surface area (Å²) in [5.41, 5.74) is 2.86. The Labute approximate surface area is 110 Å². The molecule has 19 heavy (non-hydrogen) atoms. The van der Waals surface area contributed by atoms with Crippen LogP contribution in [-0.2, 0) is 6.54 Å². The topological polar surface area (TPSA) is 64.5 Å². The van der Waals surface area contributed by atoms with Gasteiger partial charge < -0.3 is 10.3 Å². The zero-order valence-electron chi connectivity index (χ0n) is 10.2. The molecule has 4 heteroatoms. The van der Waals surface area contributed by atoms with Gasteiger partial charge in [-0.05, 0) is 29.8 Å². The smallest absolute Gasteiger partial charge is 0.135 e. The molecular weight excluding hydrogens is 236 g/mol. The molecule has 4 nitrogen and oxygen atoms in total. The number of aromatic nitrogens is 2. The van der Waals surface area contributed by atoms with Gasteiger partial charge in [-0.25, -0.2) is 4.98 Å². The first-order chi connectivity index (χ1) is 9.36. The van der Waals surface area contributed by atoms with Crippen LogP contribution >= 0.6 is 0 Å². The van der Waals surface area contributed by atoms with Crippen LogP contribution in [0, 0.1) is 11.3 Å². The standard InChI is InChI=1S/C15H12N4/c16-9-11-1-3-12(4-2-11)10-19-15-13-5-7-17-14(13)6-8-18-15/h1-8,17H,10H2,(H,18,19). The summed E-state index contributed by atoms with van der Waals surface area (Å²) >= 11 is 0. The Hall–Kier alpha value is -2.80. The molecule has 0 atom stereocenters. The van der Waals surface area contributed by atoms with Gasteiger partial charge in [-0.1, -0.05) is 12.1 Å². The number of hydrogen-bond donors (Lipinski definition) is 2. The average molecular weight is 248 g/mol. The Bertz CT molecular complexity index is 735. The molecule has 0 spiro atoms. The van der Waals surface area contributed by atoms with Crippen LogP contribution in [0.1, 0.15) is 11.1 Å². The second-order valence-electron chi connectivity index (χ2n) is 4.26. The maximum Gasteiger partial charge on any atom is 0.135 e. The van der Waals surface area contributed by atoms with Gasteiger partial charge in [-0.15, -0.1) is 0 Å². The Balaban J connectivity index is 1.78. The van der Waals surface area contributed by atoms with Crippen molar-refractivity contribution in [1.29, 1.82) is 5.26 Å². The van der Waals surface area contributed by atoms with Gasteiger partial charge in [0.25, 0.3) is 0 Å². The molecule has 3 aromatic rings. The largest absolute Gasteiger partial charge is 0.365 e. The molecule has 92 valence electrons. The molecule has 0 aliphatic heterocycles. The van der Waals surface area contributed by atoms with Crippen LogP contribution in [0.4, 0.5) is 5.82 Å². The highest BCUT2D eigenvalue weighted by Gasteiger charge is 2.02. The Kier molecular flexibility index (Phi) is 2.87. The molecule has 3 rings (SSSR count). The fourth-order valence-electron chi connectivity index (χ4n) is 2.01. The van der Waals surface area contributed by atoms with Gasteiger partial charge >= 0.3 is 0 Å². The Morgan fingerprint density at radius 1 is 1.16 bits per heavy atom. The molecule has 0 saturated heterocycles. The molecular formula is C15H12N4. The van der Waals surface area contributed by atoms with E-state index in [2.05, 4.69) is 21.4 Å². The number of fused-ring (bicyclic) bond motifs is 1. The first-order valence-electron chi connectivity index (χ1n) is 6.02. The molecule has 0 fully saturated rings. The molecule has 2 heterocycles. The van der Waals surface area contributed by atoms with Crippen molar-refractivity contribution in [3.05, 3.63) is 59.9 Å². The molecule has 0 unspecified atom stereocenters. The molecule has 0 amide bonds.